The van der Waals surface area contributed by atoms with Crippen LogP contribution in [0.15, 0.2) is 419 Å². The Morgan fingerprint density at radius 3 is 0.955 bits per heavy atom. The minimum absolute atomic E-state index is 0.681. The molecule has 524 valence electrons. The normalized spacial score (nSPS) is 11.6. The lowest BCUT2D eigenvalue weighted by Crippen LogP contribution is -2.00. The zero-order chi connectivity index (χ0) is 74.0. The number of fused-ring (bicyclic) bond motifs is 14. The smallest absolute Gasteiger partial charge is 0.160 e. The molecule has 7 heteroatoms. The maximum Gasteiger partial charge on any atom is 0.160 e. The van der Waals surface area contributed by atoms with Gasteiger partial charge in [0, 0.05) is 82.4 Å². The van der Waals surface area contributed by atoms with Crippen molar-refractivity contribution in [2.75, 3.05) is 0 Å². The molecule has 0 aliphatic rings. The van der Waals surface area contributed by atoms with E-state index in [1.165, 1.54) is 104 Å². The van der Waals surface area contributed by atoms with E-state index in [2.05, 4.69) is 425 Å². The quantitative estimate of drug-likeness (QED) is 0.122. The van der Waals surface area contributed by atoms with Crippen molar-refractivity contribution in [3.8, 4) is 113 Å². The minimum atomic E-state index is 0.681. The van der Waals surface area contributed by atoms with Crippen LogP contribution in [-0.2, 0) is 0 Å². The molecule has 0 N–H and O–H groups in total. The van der Waals surface area contributed by atoms with Crippen molar-refractivity contribution in [2.24, 2.45) is 0 Å². The van der Waals surface area contributed by atoms with E-state index < -0.39 is 0 Å². The topological polar surface area (TPSA) is 58.4 Å². The Balaban J connectivity index is 0.000000155. The van der Waals surface area contributed by atoms with Gasteiger partial charge in [-0.3, -0.25) is 4.57 Å². The molecular weight excluding hydrogens is 1360 g/mol. The maximum absolute atomic E-state index is 5.38. The number of aromatic nitrogens is 7. The summed E-state index contributed by atoms with van der Waals surface area (Å²) in [7, 11) is 0. The van der Waals surface area contributed by atoms with Crippen molar-refractivity contribution in [3.05, 3.63) is 419 Å². The standard InChI is InChI=1S/C64H42N4.C41H27N3/c1-5-17-43(18-6-1)46-29-31-48(32-30-46)58-42-57(47-23-11-4-12-24-47)65-64(66-58)49-33-35-52(36-34-49)68-59-27-15-13-25-54(59)55-37-38-61-62(63(55)68)56-26-14-16-28-60(56)67(61)53-40-50(44-19-7-2-8-20-44)39-51(41-53)45-21-9-3-10-22-45;1-4-14-28(15-5-1)30-26-35(29-16-6-2-7-17-29)42-39(27-30)44-36-22-12-10-20-32(36)33-24-25-38-40(41(33)44)34-21-11-13-23-37(34)43(38)31-18-8-3-9-19-31/h1-42H;1-27H. The van der Waals surface area contributed by atoms with Crippen LogP contribution in [-0.4, -0.2) is 33.2 Å². The summed E-state index contributed by atoms with van der Waals surface area (Å²) in [5.74, 6) is 1.58. The fraction of sp³-hybridized carbons (Fsp3) is 0. The van der Waals surface area contributed by atoms with Gasteiger partial charge in [-0.2, -0.15) is 0 Å². The molecule has 0 bridgehead atoms. The number of rotatable bonds is 12. The third-order valence-electron chi connectivity index (χ3n) is 22.0. The molecule has 0 amide bonds. The lowest BCUT2D eigenvalue weighted by atomic mass is 9.98. The average Bonchev–Trinajstić information content (AvgIpc) is 1.55. The van der Waals surface area contributed by atoms with E-state index in [0.717, 1.165) is 89.8 Å². The molecule has 6 aromatic heterocycles. The van der Waals surface area contributed by atoms with Crippen LogP contribution >= 0.6 is 0 Å². The highest BCUT2D eigenvalue weighted by molar-refractivity contribution is 6.28. The third-order valence-corrected chi connectivity index (χ3v) is 22.0. The second-order valence-electron chi connectivity index (χ2n) is 28.6. The molecule has 0 aliphatic heterocycles. The van der Waals surface area contributed by atoms with E-state index in [-0.39, 0.29) is 0 Å². The Morgan fingerprint density at radius 2 is 0.482 bits per heavy atom. The summed E-state index contributed by atoms with van der Waals surface area (Å²) < 4.78 is 9.67. The van der Waals surface area contributed by atoms with E-state index in [0.29, 0.717) is 5.82 Å². The fourth-order valence-corrected chi connectivity index (χ4v) is 16.9. The zero-order valence-corrected chi connectivity index (χ0v) is 61.0. The second kappa shape index (κ2) is 27.6. The number of benzene rings is 16. The van der Waals surface area contributed by atoms with Crippen LogP contribution in [0.5, 0.6) is 0 Å². The van der Waals surface area contributed by atoms with Crippen LogP contribution in [0.2, 0.25) is 0 Å². The Kier molecular flexibility index (Phi) is 16.1. The molecule has 0 fully saturated rings. The largest absolute Gasteiger partial charge is 0.309 e. The molecule has 6 heterocycles. The van der Waals surface area contributed by atoms with Crippen molar-refractivity contribution >= 4 is 87.2 Å². The molecule has 0 aliphatic carbocycles. The third kappa shape index (κ3) is 11.4. The van der Waals surface area contributed by atoms with E-state index in [1.54, 1.807) is 0 Å². The van der Waals surface area contributed by atoms with Gasteiger partial charge in [0.2, 0.25) is 0 Å². The van der Waals surface area contributed by atoms with E-state index in [9.17, 15) is 0 Å². The molecule has 0 saturated carbocycles. The predicted octanol–water partition coefficient (Wildman–Crippen LogP) is 27.3. The molecule has 22 aromatic rings. The van der Waals surface area contributed by atoms with Gasteiger partial charge in [-0.25, -0.2) is 15.0 Å². The minimum Gasteiger partial charge on any atom is -0.309 e. The van der Waals surface area contributed by atoms with Crippen molar-refractivity contribution in [3.63, 3.8) is 0 Å². The van der Waals surface area contributed by atoms with Gasteiger partial charge >= 0.3 is 0 Å². The molecular formula is C105H69N7. The maximum atomic E-state index is 5.38. The van der Waals surface area contributed by atoms with E-state index in [4.69, 9.17) is 15.0 Å². The number of para-hydroxylation sites is 5. The summed E-state index contributed by atoms with van der Waals surface area (Å²) in [5, 5.41) is 9.73. The van der Waals surface area contributed by atoms with Crippen LogP contribution in [0.25, 0.3) is 200 Å². The number of pyridine rings is 1. The molecule has 0 radical (unpaired) electrons. The number of nitrogens with zero attached hydrogens (tertiary/aromatic N) is 7. The first-order valence-electron chi connectivity index (χ1n) is 38.1. The summed E-state index contributed by atoms with van der Waals surface area (Å²) in [5.41, 5.74) is 28.9. The molecule has 0 saturated heterocycles. The lowest BCUT2D eigenvalue weighted by molar-refractivity contribution is 1.09. The number of hydrogen-bond donors (Lipinski definition) is 0. The van der Waals surface area contributed by atoms with Gasteiger partial charge in [-0.1, -0.05) is 309 Å². The first-order chi connectivity index (χ1) is 55.6. The van der Waals surface area contributed by atoms with Crippen molar-refractivity contribution < 1.29 is 0 Å². The van der Waals surface area contributed by atoms with Gasteiger partial charge in [-0.05, 0) is 154 Å². The van der Waals surface area contributed by atoms with Crippen LogP contribution in [0.4, 0.5) is 0 Å². The molecule has 22 rings (SSSR count). The van der Waals surface area contributed by atoms with Crippen molar-refractivity contribution in [2.45, 2.75) is 0 Å². The average molecular weight is 1430 g/mol. The fourth-order valence-electron chi connectivity index (χ4n) is 16.9. The summed E-state index contributed by atoms with van der Waals surface area (Å²) >= 11 is 0. The predicted molar refractivity (Wildman–Crippen MR) is 467 cm³/mol. The molecule has 0 atom stereocenters. The Bertz CT molecular complexity index is 7180. The van der Waals surface area contributed by atoms with Crippen molar-refractivity contribution in [1.82, 2.24) is 33.2 Å². The summed E-state index contributed by atoms with van der Waals surface area (Å²) in [6.45, 7) is 0. The van der Waals surface area contributed by atoms with Gasteiger partial charge in [0.1, 0.15) is 5.82 Å². The summed E-state index contributed by atoms with van der Waals surface area (Å²) in [4.78, 5) is 15.8. The highest BCUT2D eigenvalue weighted by atomic mass is 15.1. The van der Waals surface area contributed by atoms with Crippen molar-refractivity contribution in [1.29, 1.82) is 0 Å². The van der Waals surface area contributed by atoms with Crippen LogP contribution in [0.3, 0.4) is 0 Å². The first kappa shape index (κ1) is 65.3. The molecule has 7 nitrogen and oxygen atoms in total. The summed E-state index contributed by atoms with van der Waals surface area (Å²) in [6, 6.07) is 149. The molecule has 0 spiro atoms. The van der Waals surface area contributed by atoms with Gasteiger partial charge in [0.25, 0.3) is 0 Å². The lowest BCUT2D eigenvalue weighted by Gasteiger charge is -2.14. The van der Waals surface area contributed by atoms with Crippen LogP contribution < -0.4 is 0 Å². The van der Waals surface area contributed by atoms with Crippen LogP contribution in [0, 0.1) is 0 Å². The second-order valence-corrected chi connectivity index (χ2v) is 28.6. The number of hydrogen-bond acceptors (Lipinski definition) is 3. The Hall–Kier alpha value is -15.1. The van der Waals surface area contributed by atoms with Gasteiger partial charge in [-0.15, -0.1) is 0 Å². The Morgan fingerprint density at radius 1 is 0.161 bits per heavy atom. The molecule has 16 aromatic carbocycles. The van der Waals surface area contributed by atoms with Gasteiger partial charge < -0.3 is 13.7 Å². The summed E-state index contributed by atoms with van der Waals surface area (Å²) in [6.07, 6.45) is 0. The monoisotopic (exact) mass is 1430 g/mol. The van der Waals surface area contributed by atoms with Crippen LogP contribution in [0.1, 0.15) is 0 Å². The molecule has 112 heavy (non-hydrogen) atoms. The zero-order valence-electron chi connectivity index (χ0n) is 61.0. The SMILES string of the molecule is c1ccc(-c2cc(-c3ccccc3)nc(-n3c4ccccc4c4ccc5c(c6ccccc6n5-c5ccccc5)c43)c2)cc1.c1ccc(-c2ccc(-c3cc(-c4ccccc4)nc(-c4ccc(-n5c6ccccc6c6ccc7c(c8ccccc8n7-c7cc(-c8ccccc8)cc(-c8ccccc8)c7)c65)cc4)n3)cc2)cc1. The van der Waals surface area contributed by atoms with E-state index >= 15 is 0 Å². The first-order valence-corrected chi connectivity index (χ1v) is 38.1. The van der Waals surface area contributed by atoms with E-state index in [1.807, 2.05) is 12.1 Å². The molecule has 0 unspecified atom stereocenters. The van der Waals surface area contributed by atoms with Gasteiger partial charge in [0.05, 0.1) is 61.2 Å². The highest BCUT2D eigenvalue weighted by Gasteiger charge is 2.25. The highest BCUT2D eigenvalue weighted by Crippen LogP contribution is 2.46. The van der Waals surface area contributed by atoms with Gasteiger partial charge in [0.15, 0.2) is 5.82 Å². The Labute approximate surface area is 647 Å².